The number of hydrogen-bond donors (Lipinski definition) is 2. The summed E-state index contributed by atoms with van der Waals surface area (Å²) in [6, 6.07) is 2.82. The molecule has 0 atom stereocenters. The van der Waals surface area contributed by atoms with Crippen LogP contribution in [-0.2, 0) is 14.8 Å². The first-order chi connectivity index (χ1) is 9.76. The van der Waals surface area contributed by atoms with E-state index >= 15 is 0 Å². The van der Waals surface area contributed by atoms with Crippen molar-refractivity contribution in [3.05, 3.63) is 33.9 Å². The molecule has 0 aliphatic heterocycles. The van der Waals surface area contributed by atoms with Gasteiger partial charge < -0.3 is 9.84 Å². The van der Waals surface area contributed by atoms with Gasteiger partial charge in [-0.05, 0) is 13.0 Å². The minimum atomic E-state index is -3.87. The highest BCUT2D eigenvalue weighted by Gasteiger charge is 2.19. The third kappa shape index (κ3) is 5.00. The second-order valence-corrected chi connectivity index (χ2v) is 5.75. The molecule has 116 valence electrons. The molecule has 0 spiro atoms. The van der Waals surface area contributed by atoms with Crippen molar-refractivity contribution in [1.82, 2.24) is 0 Å². The number of non-ortho nitro benzene ring substituents is 1. The highest BCUT2D eigenvalue weighted by atomic mass is 32.2. The van der Waals surface area contributed by atoms with Crippen LogP contribution >= 0.6 is 0 Å². The second kappa shape index (κ2) is 6.99. The second-order valence-electron chi connectivity index (χ2n) is 3.91. The van der Waals surface area contributed by atoms with Gasteiger partial charge in [0.15, 0.2) is 0 Å². The van der Waals surface area contributed by atoms with Gasteiger partial charge in [-0.25, -0.2) is 13.2 Å². The molecule has 0 fully saturated rings. The minimum absolute atomic E-state index is 0.0663. The number of carbonyl (C=O) groups is 1. The molecule has 0 aliphatic rings. The number of carboxylic acids is 1. The summed E-state index contributed by atoms with van der Waals surface area (Å²) in [6.07, 6.45) is 0. The van der Waals surface area contributed by atoms with E-state index in [9.17, 15) is 23.3 Å². The Balaban J connectivity index is 3.06. The van der Waals surface area contributed by atoms with Gasteiger partial charge in [-0.2, -0.15) is 0 Å². The zero-order chi connectivity index (χ0) is 16.0. The first kappa shape index (κ1) is 16.9. The van der Waals surface area contributed by atoms with Gasteiger partial charge >= 0.3 is 5.97 Å². The number of anilines is 1. The van der Waals surface area contributed by atoms with E-state index < -0.39 is 26.6 Å². The van der Waals surface area contributed by atoms with Crippen LogP contribution in [0.2, 0.25) is 0 Å². The van der Waals surface area contributed by atoms with Crippen LogP contribution < -0.4 is 4.72 Å². The standard InChI is InChI=1S/C11H14N2O7S/c1-2-20-5-6-21(18,19)12-10-7-8(13(16)17)3-4-9(10)11(14)15/h3-4,7,12H,2,5-6H2,1H3,(H,14,15). The number of nitro groups is 1. The Hall–Kier alpha value is -2.20. The average Bonchev–Trinajstić information content (AvgIpc) is 2.37. The predicted molar refractivity (Wildman–Crippen MR) is 74.0 cm³/mol. The van der Waals surface area contributed by atoms with E-state index in [1.54, 1.807) is 6.92 Å². The number of sulfonamides is 1. The Bertz CT molecular complexity index is 642. The smallest absolute Gasteiger partial charge is 0.337 e. The van der Waals surface area contributed by atoms with E-state index in [0.717, 1.165) is 18.2 Å². The predicted octanol–water partition coefficient (Wildman–Crippen LogP) is 1.07. The van der Waals surface area contributed by atoms with E-state index in [1.165, 1.54) is 0 Å². The molecule has 2 N–H and O–H groups in total. The fourth-order valence-electron chi connectivity index (χ4n) is 1.45. The number of nitro benzene ring substituents is 1. The van der Waals surface area contributed by atoms with Gasteiger partial charge in [0.05, 0.1) is 28.5 Å². The summed E-state index contributed by atoms with van der Waals surface area (Å²) in [4.78, 5) is 20.9. The van der Waals surface area contributed by atoms with Gasteiger partial charge in [-0.15, -0.1) is 0 Å². The summed E-state index contributed by atoms with van der Waals surface area (Å²) in [5.41, 5.74) is -1.14. The number of nitrogens with zero attached hydrogens (tertiary/aromatic N) is 1. The zero-order valence-corrected chi connectivity index (χ0v) is 11.9. The number of nitrogens with one attached hydrogen (secondary N) is 1. The molecule has 9 nitrogen and oxygen atoms in total. The summed E-state index contributed by atoms with van der Waals surface area (Å²) in [5, 5.41) is 19.6. The molecular weight excluding hydrogens is 304 g/mol. The number of aromatic carboxylic acids is 1. The van der Waals surface area contributed by atoms with Crippen LogP contribution in [0.25, 0.3) is 0 Å². The van der Waals surface area contributed by atoms with Crippen LogP contribution in [0.1, 0.15) is 17.3 Å². The lowest BCUT2D eigenvalue weighted by Crippen LogP contribution is -2.21. The van der Waals surface area contributed by atoms with Crippen molar-refractivity contribution >= 4 is 27.4 Å². The summed E-state index contributed by atoms with van der Waals surface area (Å²) in [7, 11) is -3.87. The summed E-state index contributed by atoms with van der Waals surface area (Å²) in [6.45, 7) is 1.97. The van der Waals surface area contributed by atoms with Gasteiger partial charge in [-0.1, -0.05) is 0 Å². The maximum atomic E-state index is 11.8. The molecule has 1 rings (SSSR count). The van der Waals surface area contributed by atoms with E-state index in [2.05, 4.69) is 0 Å². The van der Waals surface area contributed by atoms with Crippen molar-refractivity contribution in [2.45, 2.75) is 6.92 Å². The molecule has 0 saturated heterocycles. The number of ether oxygens (including phenoxy) is 1. The fourth-order valence-corrected chi connectivity index (χ4v) is 2.39. The van der Waals surface area contributed by atoms with Crippen LogP contribution in [0.3, 0.4) is 0 Å². The summed E-state index contributed by atoms with van der Waals surface area (Å²) in [5.74, 6) is -1.78. The SMILES string of the molecule is CCOCCS(=O)(=O)Nc1cc([N+](=O)[O-])ccc1C(=O)O. The molecule has 21 heavy (non-hydrogen) atoms. The Morgan fingerprint density at radius 1 is 1.48 bits per heavy atom. The highest BCUT2D eigenvalue weighted by molar-refractivity contribution is 7.92. The van der Waals surface area contributed by atoms with Crippen LogP contribution in [0, 0.1) is 10.1 Å². The van der Waals surface area contributed by atoms with E-state index in [1.807, 2.05) is 4.72 Å². The van der Waals surface area contributed by atoms with Crippen LogP contribution in [-0.4, -0.2) is 43.4 Å². The Labute approximate surface area is 120 Å². The summed E-state index contributed by atoms with van der Waals surface area (Å²) >= 11 is 0. The third-order valence-corrected chi connectivity index (χ3v) is 3.65. The van der Waals surface area contributed by atoms with Crippen LogP contribution in [0.5, 0.6) is 0 Å². The van der Waals surface area contributed by atoms with E-state index in [4.69, 9.17) is 9.84 Å². The molecular formula is C11H14N2O7S. The Morgan fingerprint density at radius 3 is 2.67 bits per heavy atom. The molecule has 1 aromatic rings. The molecule has 0 radical (unpaired) electrons. The average molecular weight is 318 g/mol. The van der Waals surface area contributed by atoms with Crippen molar-refractivity contribution in [3.8, 4) is 0 Å². The van der Waals surface area contributed by atoms with Gasteiger partial charge in [0.1, 0.15) is 0 Å². The highest BCUT2D eigenvalue weighted by Crippen LogP contribution is 2.23. The largest absolute Gasteiger partial charge is 0.478 e. The van der Waals surface area contributed by atoms with E-state index in [0.29, 0.717) is 6.61 Å². The maximum Gasteiger partial charge on any atom is 0.337 e. The number of hydrogen-bond acceptors (Lipinski definition) is 6. The van der Waals surface area contributed by atoms with Gasteiger partial charge in [0, 0.05) is 18.7 Å². The van der Waals surface area contributed by atoms with Crippen LogP contribution in [0.4, 0.5) is 11.4 Å². The topological polar surface area (TPSA) is 136 Å². The molecule has 0 aliphatic carbocycles. The van der Waals surface area contributed by atoms with Crippen molar-refractivity contribution in [2.24, 2.45) is 0 Å². The first-order valence-corrected chi connectivity index (χ1v) is 7.52. The molecule has 1 aromatic carbocycles. The molecule has 10 heteroatoms. The summed E-state index contributed by atoms with van der Waals surface area (Å²) < 4.78 is 30.5. The minimum Gasteiger partial charge on any atom is -0.478 e. The first-order valence-electron chi connectivity index (χ1n) is 5.87. The maximum absolute atomic E-state index is 11.8. The van der Waals surface area contributed by atoms with Crippen molar-refractivity contribution < 1.29 is 28.0 Å². The quantitative estimate of drug-likeness (QED) is 0.415. The normalized spacial score (nSPS) is 11.1. The van der Waals surface area contributed by atoms with E-state index in [-0.39, 0.29) is 23.6 Å². The Kier molecular flexibility index (Phi) is 5.61. The lowest BCUT2D eigenvalue weighted by molar-refractivity contribution is -0.384. The van der Waals surface area contributed by atoms with Crippen LogP contribution in [0.15, 0.2) is 18.2 Å². The lowest BCUT2D eigenvalue weighted by Gasteiger charge is -2.10. The molecule has 0 unspecified atom stereocenters. The number of rotatable bonds is 8. The molecule has 0 amide bonds. The molecule has 0 aromatic heterocycles. The lowest BCUT2D eigenvalue weighted by atomic mass is 10.1. The Morgan fingerprint density at radius 2 is 2.14 bits per heavy atom. The van der Waals surface area contributed by atoms with Gasteiger partial charge in [-0.3, -0.25) is 14.8 Å². The van der Waals surface area contributed by atoms with Gasteiger partial charge in [0.2, 0.25) is 10.0 Å². The third-order valence-electron chi connectivity index (χ3n) is 2.41. The van der Waals surface area contributed by atoms with Gasteiger partial charge in [0.25, 0.3) is 5.69 Å². The molecule has 0 bridgehead atoms. The fraction of sp³-hybridized carbons (Fsp3) is 0.364. The zero-order valence-electron chi connectivity index (χ0n) is 11.1. The number of benzene rings is 1. The number of carboxylic acid groups (broad SMARTS) is 1. The van der Waals surface area contributed by atoms with Crippen molar-refractivity contribution in [1.29, 1.82) is 0 Å². The molecule has 0 saturated carbocycles. The van der Waals surface area contributed by atoms with Crippen molar-refractivity contribution in [3.63, 3.8) is 0 Å². The van der Waals surface area contributed by atoms with Crippen molar-refractivity contribution in [2.75, 3.05) is 23.7 Å². The molecule has 0 heterocycles. The monoisotopic (exact) mass is 318 g/mol.